The number of carbonyl (C=O) groups excluding carboxylic acids is 2. The maximum atomic E-state index is 13.6. The monoisotopic (exact) mass is 400 g/mol. The fourth-order valence-corrected chi connectivity index (χ4v) is 3.37. The summed E-state index contributed by atoms with van der Waals surface area (Å²) in [6, 6.07) is 3.66. The molecule has 5 nitrogen and oxygen atoms in total. The fraction of sp³-hybridized carbons (Fsp3) is 0.333. The predicted octanol–water partition coefficient (Wildman–Crippen LogP) is 1.59. The molecule has 146 valence electrons. The van der Waals surface area contributed by atoms with Gasteiger partial charge in [-0.15, -0.1) is 11.3 Å². The third kappa shape index (κ3) is 5.54. The van der Waals surface area contributed by atoms with Crippen LogP contribution in [0.1, 0.15) is 10.4 Å². The zero-order valence-corrected chi connectivity index (χ0v) is 16.1. The van der Waals surface area contributed by atoms with Gasteiger partial charge < -0.3 is 15.1 Å². The van der Waals surface area contributed by atoms with Gasteiger partial charge in [-0.3, -0.25) is 9.59 Å². The van der Waals surface area contributed by atoms with Crippen LogP contribution in [0.5, 0.6) is 0 Å². The zero-order valence-electron chi connectivity index (χ0n) is 15.2. The standard InChI is InChI=1S/C18H20F3N3O2S/c1-11-6-7-27-14(11)8-24(3)16(26)10-23(2)9-15(25)22-13-5-4-12(19)17(20)18(13)21/h4-7H,8-10H2,1-3H3,(H,22,25)/p+1. The summed E-state index contributed by atoms with van der Waals surface area (Å²) in [7, 11) is 3.33. The van der Waals surface area contributed by atoms with E-state index < -0.39 is 29.0 Å². The van der Waals surface area contributed by atoms with Crippen LogP contribution in [0, 0.1) is 24.4 Å². The molecule has 2 rings (SSSR count). The lowest BCUT2D eigenvalue weighted by Crippen LogP contribution is -3.11. The minimum absolute atomic E-state index is 0.0641. The third-order valence-corrected chi connectivity index (χ3v) is 5.01. The maximum Gasteiger partial charge on any atom is 0.279 e. The number of rotatable bonds is 7. The van der Waals surface area contributed by atoms with Crippen LogP contribution < -0.4 is 10.2 Å². The topological polar surface area (TPSA) is 53.9 Å². The smallest absolute Gasteiger partial charge is 0.279 e. The largest absolute Gasteiger partial charge is 0.336 e. The molecule has 9 heteroatoms. The molecule has 0 aliphatic heterocycles. The van der Waals surface area contributed by atoms with Crippen molar-refractivity contribution in [1.29, 1.82) is 0 Å². The van der Waals surface area contributed by atoms with Crippen LogP contribution in [-0.4, -0.2) is 43.9 Å². The van der Waals surface area contributed by atoms with Gasteiger partial charge in [0.2, 0.25) is 0 Å². The fourth-order valence-electron chi connectivity index (χ4n) is 2.42. The summed E-state index contributed by atoms with van der Waals surface area (Å²) in [5, 5.41) is 4.15. The Balaban J connectivity index is 1.86. The predicted molar refractivity (Wildman–Crippen MR) is 97.1 cm³/mol. The van der Waals surface area contributed by atoms with Crippen LogP contribution in [0.15, 0.2) is 23.6 Å². The summed E-state index contributed by atoms with van der Waals surface area (Å²) in [4.78, 5) is 27.5. The number of hydrogen-bond acceptors (Lipinski definition) is 3. The van der Waals surface area contributed by atoms with Crippen molar-refractivity contribution >= 4 is 28.8 Å². The second-order valence-electron chi connectivity index (χ2n) is 6.36. The lowest BCUT2D eigenvalue weighted by atomic mass is 10.2. The Morgan fingerprint density at radius 3 is 2.48 bits per heavy atom. The van der Waals surface area contributed by atoms with Crippen molar-refractivity contribution in [3.8, 4) is 0 Å². The van der Waals surface area contributed by atoms with Crippen molar-refractivity contribution in [3.63, 3.8) is 0 Å². The number of benzene rings is 1. The molecule has 1 aromatic heterocycles. The van der Waals surface area contributed by atoms with E-state index in [0.717, 1.165) is 22.6 Å². The van der Waals surface area contributed by atoms with Crippen molar-refractivity contribution < 1.29 is 27.7 Å². The number of thiophene rings is 1. The maximum absolute atomic E-state index is 13.6. The Hall–Kier alpha value is -2.39. The van der Waals surface area contributed by atoms with Crippen molar-refractivity contribution in [2.75, 3.05) is 32.5 Å². The average Bonchev–Trinajstić information content (AvgIpc) is 3.00. The molecule has 0 spiro atoms. The molecule has 2 aromatic rings. The Morgan fingerprint density at radius 2 is 1.85 bits per heavy atom. The number of hydrogen-bond donors (Lipinski definition) is 2. The number of carbonyl (C=O) groups is 2. The molecule has 1 aromatic carbocycles. The van der Waals surface area contributed by atoms with Crippen molar-refractivity contribution in [2.24, 2.45) is 0 Å². The van der Waals surface area contributed by atoms with Crippen LogP contribution in [0.25, 0.3) is 0 Å². The van der Waals surface area contributed by atoms with Gasteiger partial charge in [0.25, 0.3) is 11.8 Å². The Bertz CT molecular complexity index is 841. The second-order valence-corrected chi connectivity index (χ2v) is 7.36. The van der Waals surface area contributed by atoms with E-state index in [1.807, 2.05) is 18.4 Å². The van der Waals surface area contributed by atoms with E-state index in [0.29, 0.717) is 11.4 Å². The summed E-state index contributed by atoms with van der Waals surface area (Å²) in [5.41, 5.74) is 0.677. The molecule has 1 heterocycles. The summed E-state index contributed by atoms with van der Waals surface area (Å²) in [6.45, 7) is 2.40. The summed E-state index contributed by atoms with van der Waals surface area (Å²) < 4.78 is 39.7. The first-order valence-corrected chi connectivity index (χ1v) is 9.08. The number of aryl methyl sites for hydroxylation is 1. The molecule has 2 amide bonds. The molecule has 0 saturated carbocycles. The number of amides is 2. The Labute approximate surface area is 159 Å². The first-order chi connectivity index (χ1) is 12.7. The molecular weight excluding hydrogens is 379 g/mol. The number of likely N-dealkylation sites (N-methyl/N-ethyl adjacent to an activating group) is 2. The van der Waals surface area contributed by atoms with E-state index in [2.05, 4.69) is 5.32 Å². The van der Waals surface area contributed by atoms with E-state index in [9.17, 15) is 22.8 Å². The lowest BCUT2D eigenvalue weighted by molar-refractivity contribution is -0.862. The zero-order chi connectivity index (χ0) is 20.1. The van der Waals surface area contributed by atoms with Crippen LogP contribution in [0.2, 0.25) is 0 Å². The average molecular weight is 400 g/mol. The van der Waals surface area contributed by atoms with Gasteiger partial charge in [0.15, 0.2) is 30.5 Å². The van der Waals surface area contributed by atoms with Crippen LogP contribution >= 0.6 is 11.3 Å². The van der Waals surface area contributed by atoms with Crippen LogP contribution in [0.4, 0.5) is 18.9 Å². The molecule has 1 unspecified atom stereocenters. The van der Waals surface area contributed by atoms with Gasteiger partial charge in [-0.1, -0.05) is 0 Å². The molecular formula is C18H21F3N3O2S+. The van der Waals surface area contributed by atoms with Gasteiger partial charge in [0, 0.05) is 11.9 Å². The Morgan fingerprint density at radius 1 is 1.15 bits per heavy atom. The summed E-state index contributed by atoms with van der Waals surface area (Å²) >= 11 is 1.57. The van der Waals surface area contributed by atoms with Gasteiger partial charge in [-0.2, -0.15) is 0 Å². The molecule has 1 atom stereocenters. The van der Waals surface area contributed by atoms with Crippen molar-refractivity contribution in [3.05, 3.63) is 51.5 Å². The third-order valence-electron chi connectivity index (χ3n) is 4.00. The van der Waals surface area contributed by atoms with Crippen molar-refractivity contribution in [1.82, 2.24) is 4.90 Å². The van der Waals surface area contributed by atoms with E-state index in [1.165, 1.54) is 0 Å². The minimum Gasteiger partial charge on any atom is -0.336 e. The van der Waals surface area contributed by atoms with Crippen molar-refractivity contribution in [2.45, 2.75) is 13.5 Å². The van der Waals surface area contributed by atoms with E-state index in [-0.39, 0.29) is 19.0 Å². The van der Waals surface area contributed by atoms with E-state index in [1.54, 1.807) is 30.3 Å². The van der Waals surface area contributed by atoms with Gasteiger partial charge in [0.05, 0.1) is 19.3 Å². The number of quaternary nitrogens is 1. The first-order valence-electron chi connectivity index (χ1n) is 8.20. The molecule has 0 saturated heterocycles. The van der Waals surface area contributed by atoms with Crippen LogP contribution in [0.3, 0.4) is 0 Å². The quantitative estimate of drug-likeness (QED) is 0.694. The molecule has 0 aliphatic carbocycles. The molecule has 0 bridgehead atoms. The summed E-state index contributed by atoms with van der Waals surface area (Å²) in [5.74, 6) is -5.19. The number of halogens is 3. The molecule has 27 heavy (non-hydrogen) atoms. The highest BCUT2D eigenvalue weighted by atomic mass is 32.1. The molecule has 2 N–H and O–H groups in total. The van der Waals surface area contributed by atoms with E-state index >= 15 is 0 Å². The van der Waals surface area contributed by atoms with Gasteiger partial charge in [0.1, 0.15) is 0 Å². The highest BCUT2D eigenvalue weighted by molar-refractivity contribution is 7.10. The molecule has 0 radical (unpaired) electrons. The van der Waals surface area contributed by atoms with Gasteiger partial charge in [-0.25, -0.2) is 13.2 Å². The summed E-state index contributed by atoms with van der Waals surface area (Å²) in [6.07, 6.45) is 0. The lowest BCUT2D eigenvalue weighted by Gasteiger charge is -2.19. The number of anilines is 1. The number of nitrogens with one attached hydrogen (secondary N) is 2. The SMILES string of the molecule is Cc1ccsc1CN(C)C(=O)C[NH+](C)CC(=O)Nc1ccc(F)c(F)c1F. The molecule has 0 fully saturated rings. The Kier molecular flexibility index (Phi) is 6.98. The molecule has 0 aliphatic rings. The second kappa shape index (κ2) is 9.01. The van der Waals surface area contributed by atoms with Gasteiger partial charge >= 0.3 is 0 Å². The normalized spacial score (nSPS) is 11.9. The van der Waals surface area contributed by atoms with Crippen LogP contribution in [-0.2, 0) is 16.1 Å². The highest BCUT2D eigenvalue weighted by Gasteiger charge is 2.20. The highest BCUT2D eigenvalue weighted by Crippen LogP contribution is 2.19. The first kappa shape index (κ1) is 20.9. The van der Waals surface area contributed by atoms with Gasteiger partial charge in [-0.05, 0) is 36.1 Å². The van der Waals surface area contributed by atoms with E-state index in [4.69, 9.17) is 0 Å². The minimum atomic E-state index is -1.64. The number of nitrogens with zero attached hydrogens (tertiary/aromatic N) is 1.